The minimum Gasteiger partial charge on any atom is -0.318 e. The monoisotopic (exact) mass is 253 g/mol. The molecule has 16 heavy (non-hydrogen) atoms. The molecule has 1 aromatic heterocycles. The van der Waals surface area contributed by atoms with Gasteiger partial charge in [0, 0.05) is 17.8 Å². The minimum absolute atomic E-state index is 0.739. The zero-order valence-electron chi connectivity index (χ0n) is 9.36. The van der Waals surface area contributed by atoms with Gasteiger partial charge in [-0.3, -0.25) is 0 Å². The molecular formula is C11H12ClN3S. The molecule has 0 unspecified atom stereocenters. The Morgan fingerprint density at radius 3 is 2.81 bits per heavy atom. The second-order valence-corrected chi connectivity index (χ2v) is 5.15. The topological polar surface area (TPSA) is 29.6 Å². The van der Waals surface area contributed by atoms with Crippen LogP contribution in [0.15, 0.2) is 28.4 Å². The van der Waals surface area contributed by atoms with E-state index in [4.69, 9.17) is 11.6 Å². The van der Waals surface area contributed by atoms with Crippen LogP contribution in [0, 0.1) is 0 Å². The third kappa shape index (κ3) is 2.18. The average Bonchev–Trinajstić information content (AvgIpc) is 2.53. The zero-order valence-corrected chi connectivity index (χ0v) is 10.9. The van der Waals surface area contributed by atoms with Crippen LogP contribution < -0.4 is 4.80 Å². The van der Waals surface area contributed by atoms with Crippen LogP contribution in [-0.2, 0) is 7.05 Å². The van der Waals surface area contributed by atoms with Crippen molar-refractivity contribution in [3.8, 4) is 0 Å². The number of rotatable bonds is 1. The van der Waals surface area contributed by atoms with Crippen molar-refractivity contribution in [3.05, 3.63) is 28.0 Å². The quantitative estimate of drug-likeness (QED) is 0.552. The Balaban J connectivity index is 2.70. The highest BCUT2D eigenvalue weighted by molar-refractivity contribution is 7.16. The largest absolute Gasteiger partial charge is 0.318 e. The molecule has 0 spiro atoms. The SMILES string of the molecule is CC(C)=N/N=c1/sc2ccc(Cl)cc2n1C. The Kier molecular flexibility index (Phi) is 3.12. The Morgan fingerprint density at radius 1 is 1.38 bits per heavy atom. The maximum Gasteiger partial charge on any atom is 0.211 e. The predicted octanol–water partition coefficient (Wildman–Crippen LogP) is 3.19. The Bertz CT molecular complexity index is 618. The van der Waals surface area contributed by atoms with Gasteiger partial charge in [0.25, 0.3) is 0 Å². The van der Waals surface area contributed by atoms with E-state index in [1.54, 1.807) is 11.3 Å². The Labute approximate surface area is 103 Å². The molecule has 0 bridgehead atoms. The van der Waals surface area contributed by atoms with Crippen molar-refractivity contribution in [2.24, 2.45) is 17.3 Å². The second-order valence-electron chi connectivity index (χ2n) is 3.70. The van der Waals surface area contributed by atoms with Gasteiger partial charge < -0.3 is 4.57 Å². The van der Waals surface area contributed by atoms with Gasteiger partial charge in [-0.25, -0.2) is 0 Å². The van der Waals surface area contributed by atoms with Crippen LogP contribution in [0.4, 0.5) is 0 Å². The molecule has 0 saturated carbocycles. The van der Waals surface area contributed by atoms with Gasteiger partial charge in [0.1, 0.15) is 0 Å². The molecule has 2 rings (SSSR count). The summed E-state index contributed by atoms with van der Waals surface area (Å²) in [6, 6.07) is 5.83. The molecule has 1 aromatic carbocycles. The first-order valence-corrected chi connectivity index (χ1v) is 6.07. The standard InChI is InChI=1S/C11H12ClN3S/c1-7(2)13-14-11-15(3)9-6-8(12)4-5-10(9)16-11/h4-6H,1-3H3/b14-11+. The molecule has 0 aliphatic carbocycles. The lowest BCUT2D eigenvalue weighted by Gasteiger charge is -1.94. The van der Waals surface area contributed by atoms with E-state index in [0.717, 1.165) is 25.8 Å². The van der Waals surface area contributed by atoms with E-state index in [-0.39, 0.29) is 0 Å². The molecule has 5 heteroatoms. The molecule has 0 fully saturated rings. The fourth-order valence-electron chi connectivity index (χ4n) is 1.34. The summed E-state index contributed by atoms with van der Waals surface area (Å²) in [5.74, 6) is 0. The second kappa shape index (κ2) is 4.39. The number of hydrogen-bond acceptors (Lipinski definition) is 3. The third-order valence-corrected chi connectivity index (χ3v) is 3.44. The van der Waals surface area contributed by atoms with Gasteiger partial charge >= 0.3 is 0 Å². The summed E-state index contributed by atoms with van der Waals surface area (Å²) in [6.45, 7) is 3.85. The average molecular weight is 254 g/mol. The van der Waals surface area contributed by atoms with Crippen LogP contribution in [0.3, 0.4) is 0 Å². The lowest BCUT2D eigenvalue weighted by molar-refractivity contribution is 0.888. The van der Waals surface area contributed by atoms with Crippen LogP contribution in [0.5, 0.6) is 0 Å². The van der Waals surface area contributed by atoms with Gasteiger partial charge in [-0.05, 0) is 32.0 Å². The highest BCUT2D eigenvalue weighted by atomic mass is 35.5. The Morgan fingerprint density at radius 2 is 2.12 bits per heavy atom. The summed E-state index contributed by atoms with van der Waals surface area (Å²) in [5.41, 5.74) is 2.02. The van der Waals surface area contributed by atoms with E-state index in [1.807, 2.05) is 43.7 Å². The maximum atomic E-state index is 5.96. The van der Waals surface area contributed by atoms with Crippen molar-refractivity contribution in [1.29, 1.82) is 0 Å². The van der Waals surface area contributed by atoms with Gasteiger partial charge in [-0.2, -0.15) is 5.10 Å². The summed E-state index contributed by atoms with van der Waals surface area (Å²) >= 11 is 7.57. The highest BCUT2D eigenvalue weighted by Gasteiger charge is 2.02. The van der Waals surface area contributed by atoms with Gasteiger partial charge in [0.15, 0.2) is 0 Å². The number of fused-ring (bicyclic) bond motifs is 1. The zero-order chi connectivity index (χ0) is 11.7. The van der Waals surface area contributed by atoms with E-state index in [2.05, 4.69) is 10.2 Å². The molecule has 0 radical (unpaired) electrons. The Hall–Kier alpha value is -1.13. The van der Waals surface area contributed by atoms with Gasteiger partial charge in [-0.15, -0.1) is 5.10 Å². The summed E-state index contributed by atoms with van der Waals surface area (Å²) in [5, 5.41) is 9.01. The molecule has 3 nitrogen and oxygen atoms in total. The van der Waals surface area contributed by atoms with E-state index >= 15 is 0 Å². The molecule has 0 amide bonds. The van der Waals surface area contributed by atoms with Gasteiger partial charge in [-0.1, -0.05) is 22.9 Å². The summed E-state index contributed by atoms with van der Waals surface area (Å²) < 4.78 is 3.16. The number of nitrogens with zero attached hydrogens (tertiary/aromatic N) is 3. The van der Waals surface area contributed by atoms with E-state index in [1.165, 1.54) is 0 Å². The number of halogens is 1. The molecular weight excluding hydrogens is 242 g/mol. The molecule has 0 aliphatic rings. The lowest BCUT2D eigenvalue weighted by Crippen LogP contribution is -2.09. The summed E-state index contributed by atoms with van der Waals surface area (Å²) in [6.07, 6.45) is 0. The molecule has 0 saturated heterocycles. The van der Waals surface area contributed by atoms with Crippen LogP contribution in [0.2, 0.25) is 5.02 Å². The molecule has 84 valence electrons. The molecule has 0 N–H and O–H groups in total. The van der Waals surface area contributed by atoms with E-state index < -0.39 is 0 Å². The molecule has 0 aliphatic heterocycles. The maximum absolute atomic E-state index is 5.96. The normalized spacial score (nSPS) is 12.1. The third-order valence-electron chi connectivity index (χ3n) is 2.11. The first-order valence-electron chi connectivity index (χ1n) is 4.88. The van der Waals surface area contributed by atoms with E-state index in [9.17, 15) is 0 Å². The fourth-order valence-corrected chi connectivity index (χ4v) is 2.46. The van der Waals surface area contributed by atoms with Crippen molar-refractivity contribution in [2.45, 2.75) is 13.8 Å². The summed E-state index contributed by atoms with van der Waals surface area (Å²) in [4.78, 5) is 0.874. The fraction of sp³-hybridized carbons (Fsp3) is 0.273. The van der Waals surface area contributed by atoms with Crippen molar-refractivity contribution in [1.82, 2.24) is 4.57 Å². The summed E-state index contributed by atoms with van der Waals surface area (Å²) in [7, 11) is 1.97. The predicted molar refractivity (Wildman–Crippen MR) is 70.2 cm³/mol. The van der Waals surface area contributed by atoms with Gasteiger partial charge in [0.05, 0.1) is 10.2 Å². The number of hydrogen-bond donors (Lipinski definition) is 0. The van der Waals surface area contributed by atoms with Crippen LogP contribution in [-0.4, -0.2) is 10.3 Å². The van der Waals surface area contributed by atoms with Crippen molar-refractivity contribution in [3.63, 3.8) is 0 Å². The van der Waals surface area contributed by atoms with E-state index in [0.29, 0.717) is 0 Å². The number of aryl methyl sites for hydroxylation is 1. The highest BCUT2D eigenvalue weighted by Crippen LogP contribution is 2.20. The van der Waals surface area contributed by atoms with Crippen LogP contribution in [0.1, 0.15) is 13.8 Å². The smallest absolute Gasteiger partial charge is 0.211 e. The van der Waals surface area contributed by atoms with Crippen molar-refractivity contribution < 1.29 is 0 Å². The van der Waals surface area contributed by atoms with Crippen molar-refractivity contribution >= 4 is 38.9 Å². The molecule has 2 aromatic rings. The first-order chi connectivity index (χ1) is 7.58. The van der Waals surface area contributed by atoms with Crippen molar-refractivity contribution in [2.75, 3.05) is 0 Å². The molecule has 1 heterocycles. The van der Waals surface area contributed by atoms with Crippen LogP contribution >= 0.6 is 22.9 Å². The number of thiazole rings is 1. The number of benzene rings is 1. The van der Waals surface area contributed by atoms with Gasteiger partial charge in [0.2, 0.25) is 4.80 Å². The lowest BCUT2D eigenvalue weighted by atomic mass is 10.3. The molecule has 0 atom stereocenters. The number of aromatic nitrogens is 1. The minimum atomic E-state index is 0.739. The first kappa shape index (κ1) is 11.4. The van der Waals surface area contributed by atoms with Crippen LogP contribution in [0.25, 0.3) is 10.2 Å².